The molecule has 0 radical (unpaired) electrons. The molecule has 0 spiro atoms. The molecule has 5 heteroatoms. The molecule has 19 heavy (non-hydrogen) atoms. The number of nitrogens with two attached hydrogens (primary N) is 1. The Morgan fingerprint density at radius 1 is 1.37 bits per heavy atom. The van der Waals surface area contributed by atoms with Crippen LogP contribution in [0.15, 0.2) is 0 Å². The van der Waals surface area contributed by atoms with E-state index in [1.54, 1.807) is 0 Å². The molecule has 1 atom stereocenters. The second kappa shape index (κ2) is 6.73. The van der Waals surface area contributed by atoms with Gasteiger partial charge in [-0.15, -0.1) is 0 Å². The maximum Gasteiger partial charge on any atom is 0.0850 e. The molecule has 0 bridgehead atoms. The minimum atomic E-state index is -0.166. The predicted molar refractivity (Wildman–Crippen MR) is 79.7 cm³/mol. The molecule has 1 heterocycles. The van der Waals surface area contributed by atoms with Crippen LogP contribution >= 0.6 is 11.6 Å². The Bertz CT molecular complexity index is 410. The number of ether oxygens (including phenoxy) is 1. The quantitative estimate of drug-likeness (QED) is 0.875. The third-order valence-corrected chi connectivity index (χ3v) is 3.32. The Morgan fingerprint density at radius 3 is 2.47 bits per heavy atom. The molecular formula is C14H26ClN3O. The van der Waals surface area contributed by atoms with Crippen LogP contribution in [0.2, 0.25) is 5.02 Å². The molecule has 1 rings (SSSR count). The zero-order valence-electron chi connectivity index (χ0n) is 12.7. The van der Waals surface area contributed by atoms with Crippen molar-refractivity contribution in [3.05, 3.63) is 16.4 Å². The van der Waals surface area contributed by atoms with Crippen LogP contribution in [0.4, 0.5) is 0 Å². The van der Waals surface area contributed by atoms with E-state index in [1.807, 2.05) is 25.5 Å². The van der Waals surface area contributed by atoms with Crippen LogP contribution in [0.5, 0.6) is 0 Å². The largest absolute Gasteiger partial charge is 0.374 e. The lowest BCUT2D eigenvalue weighted by Crippen LogP contribution is -2.34. The molecule has 0 aliphatic rings. The van der Waals surface area contributed by atoms with Gasteiger partial charge in [-0.05, 0) is 34.1 Å². The first kappa shape index (κ1) is 16.5. The number of hydrogen-bond acceptors (Lipinski definition) is 3. The molecule has 110 valence electrons. The van der Waals surface area contributed by atoms with E-state index in [1.165, 1.54) is 0 Å². The van der Waals surface area contributed by atoms with Gasteiger partial charge in [0.05, 0.1) is 28.6 Å². The van der Waals surface area contributed by atoms with Crippen LogP contribution < -0.4 is 5.73 Å². The zero-order chi connectivity index (χ0) is 14.6. The van der Waals surface area contributed by atoms with Crippen LogP contribution in [0.1, 0.15) is 46.0 Å². The summed E-state index contributed by atoms with van der Waals surface area (Å²) in [4.78, 5) is 0. The summed E-state index contributed by atoms with van der Waals surface area (Å²) < 4.78 is 7.65. The molecule has 0 aliphatic carbocycles. The smallest absolute Gasteiger partial charge is 0.0850 e. The Labute approximate surface area is 121 Å². The molecule has 0 aliphatic heterocycles. The standard InChI is InChI=1S/C14H26ClN3O/c1-6-11-13(15)12(18(7-2)17-11)8-10(16)9-19-14(3,4)5/h10H,6-9,16H2,1-5H3. The first-order chi connectivity index (χ1) is 8.78. The Hall–Kier alpha value is -0.580. The van der Waals surface area contributed by atoms with E-state index in [0.29, 0.717) is 13.0 Å². The van der Waals surface area contributed by atoms with Crippen molar-refractivity contribution in [2.45, 2.75) is 65.6 Å². The average Bonchev–Trinajstić information content (AvgIpc) is 2.63. The summed E-state index contributed by atoms with van der Waals surface area (Å²) in [6, 6.07) is -0.0663. The molecule has 0 saturated carbocycles. The van der Waals surface area contributed by atoms with Gasteiger partial charge in [0.25, 0.3) is 0 Å². The minimum absolute atomic E-state index is 0.0663. The molecule has 4 nitrogen and oxygen atoms in total. The SMILES string of the molecule is CCc1nn(CC)c(CC(N)COC(C)(C)C)c1Cl. The van der Waals surface area contributed by atoms with Crippen LogP contribution in [0, 0.1) is 0 Å². The lowest BCUT2D eigenvalue weighted by Gasteiger charge is -2.22. The van der Waals surface area contributed by atoms with Crippen molar-refractivity contribution in [2.24, 2.45) is 5.73 Å². The first-order valence-corrected chi connectivity index (χ1v) is 7.29. The topological polar surface area (TPSA) is 53.1 Å². The summed E-state index contributed by atoms with van der Waals surface area (Å²) in [7, 11) is 0. The van der Waals surface area contributed by atoms with Gasteiger partial charge in [0.1, 0.15) is 0 Å². The number of hydrogen-bond donors (Lipinski definition) is 1. The zero-order valence-corrected chi connectivity index (χ0v) is 13.4. The highest BCUT2D eigenvalue weighted by molar-refractivity contribution is 6.31. The Kier molecular flexibility index (Phi) is 5.83. The third-order valence-electron chi connectivity index (χ3n) is 2.88. The molecule has 0 amide bonds. The van der Waals surface area contributed by atoms with Crippen molar-refractivity contribution in [2.75, 3.05) is 6.61 Å². The summed E-state index contributed by atoms with van der Waals surface area (Å²) in [6.07, 6.45) is 1.53. The number of halogens is 1. The van der Waals surface area contributed by atoms with Crippen LogP contribution in [-0.4, -0.2) is 28.0 Å². The van der Waals surface area contributed by atoms with Gasteiger partial charge < -0.3 is 10.5 Å². The monoisotopic (exact) mass is 287 g/mol. The molecule has 1 aromatic heterocycles. The fourth-order valence-corrected chi connectivity index (χ4v) is 2.22. The van der Waals surface area contributed by atoms with E-state index in [-0.39, 0.29) is 11.6 Å². The lowest BCUT2D eigenvalue weighted by molar-refractivity contribution is -0.0100. The van der Waals surface area contributed by atoms with E-state index in [2.05, 4.69) is 18.9 Å². The number of rotatable bonds is 6. The maximum atomic E-state index is 6.36. The maximum absolute atomic E-state index is 6.36. The third kappa shape index (κ3) is 4.79. The van der Waals surface area contributed by atoms with Crippen molar-refractivity contribution >= 4 is 11.6 Å². The van der Waals surface area contributed by atoms with Crippen LogP contribution in [-0.2, 0) is 24.1 Å². The van der Waals surface area contributed by atoms with Gasteiger partial charge in [0.2, 0.25) is 0 Å². The van der Waals surface area contributed by atoms with Gasteiger partial charge in [-0.2, -0.15) is 5.10 Å². The van der Waals surface area contributed by atoms with Crippen molar-refractivity contribution in [3.8, 4) is 0 Å². The van der Waals surface area contributed by atoms with Crippen molar-refractivity contribution < 1.29 is 4.74 Å². The van der Waals surface area contributed by atoms with E-state index >= 15 is 0 Å². The molecule has 2 N–H and O–H groups in total. The van der Waals surface area contributed by atoms with E-state index < -0.39 is 0 Å². The number of nitrogens with zero attached hydrogens (tertiary/aromatic N) is 2. The number of aromatic nitrogens is 2. The van der Waals surface area contributed by atoms with Crippen molar-refractivity contribution in [1.29, 1.82) is 0 Å². The fourth-order valence-electron chi connectivity index (χ4n) is 1.88. The number of aryl methyl sites for hydroxylation is 2. The van der Waals surface area contributed by atoms with Crippen LogP contribution in [0.25, 0.3) is 0 Å². The predicted octanol–water partition coefficient (Wildman–Crippen LogP) is 2.80. The van der Waals surface area contributed by atoms with E-state index in [4.69, 9.17) is 22.1 Å². The fraction of sp³-hybridized carbons (Fsp3) is 0.786. The van der Waals surface area contributed by atoms with Gasteiger partial charge >= 0.3 is 0 Å². The highest BCUT2D eigenvalue weighted by atomic mass is 35.5. The summed E-state index contributed by atoms with van der Waals surface area (Å²) in [5.41, 5.74) is 7.93. The van der Waals surface area contributed by atoms with E-state index in [9.17, 15) is 0 Å². The minimum Gasteiger partial charge on any atom is -0.374 e. The highest BCUT2D eigenvalue weighted by Crippen LogP contribution is 2.23. The van der Waals surface area contributed by atoms with Gasteiger partial charge in [-0.1, -0.05) is 18.5 Å². The molecule has 1 unspecified atom stereocenters. The average molecular weight is 288 g/mol. The van der Waals surface area contributed by atoms with Crippen molar-refractivity contribution in [3.63, 3.8) is 0 Å². The molecule has 1 aromatic rings. The summed E-state index contributed by atoms with van der Waals surface area (Å²) in [6.45, 7) is 11.5. The van der Waals surface area contributed by atoms with Gasteiger partial charge in [-0.3, -0.25) is 4.68 Å². The second-order valence-electron chi connectivity index (χ2n) is 5.76. The van der Waals surface area contributed by atoms with Crippen molar-refractivity contribution in [1.82, 2.24) is 9.78 Å². The van der Waals surface area contributed by atoms with Gasteiger partial charge in [0, 0.05) is 19.0 Å². The molecular weight excluding hydrogens is 262 g/mol. The summed E-state index contributed by atoms with van der Waals surface area (Å²) >= 11 is 6.36. The molecule has 0 fully saturated rings. The summed E-state index contributed by atoms with van der Waals surface area (Å²) in [5.74, 6) is 0. The Morgan fingerprint density at radius 2 is 2.00 bits per heavy atom. The first-order valence-electron chi connectivity index (χ1n) is 6.92. The normalized spacial score (nSPS) is 13.8. The lowest BCUT2D eigenvalue weighted by atomic mass is 10.1. The molecule has 0 aromatic carbocycles. The Balaban J connectivity index is 2.73. The molecule has 0 saturated heterocycles. The van der Waals surface area contributed by atoms with Gasteiger partial charge in [0.15, 0.2) is 0 Å². The second-order valence-corrected chi connectivity index (χ2v) is 6.14. The van der Waals surface area contributed by atoms with Crippen LogP contribution in [0.3, 0.4) is 0 Å². The summed E-state index contributed by atoms with van der Waals surface area (Å²) in [5, 5.41) is 5.26. The van der Waals surface area contributed by atoms with E-state index in [0.717, 1.165) is 29.4 Å². The van der Waals surface area contributed by atoms with Gasteiger partial charge in [-0.25, -0.2) is 0 Å². The highest BCUT2D eigenvalue weighted by Gasteiger charge is 2.19.